The van der Waals surface area contributed by atoms with Gasteiger partial charge in [-0.1, -0.05) is 12.2 Å². The molecule has 1 saturated carbocycles. The van der Waals surface area contributed by atoms with E-state index in [2.05, 4.69) is 12.2 Å². The Kier molecular flexibility index (Phi) is 1.80. The second-order valence-corrected chi connectivity index (χ2v) is 3.79. The average Bonchev–Trinajstić information content (AvgIpc) is 2.07. The second-order valence-electron chi connectivity index (χ2n) is 3.79. The molecular weight excluding hydrogens is 152 g/mol. The first-order valence-electron chi connectivity index (χ1n) is 4.48. The van der Waals surface area contributed by atoms with Crippen LogP contribution >= 0.6 is 0 Å². The SMILES string of the molecule is COC[C@]12CCC=C[C@H]1CC2=O. The van der Waals surface area contributed by atoms with Gasteiger partial charge in [0.1, 0.15) is 5.78 Å². The maximum Gasteiger partial charge on any atom is 0.142 e. The number of ether oxygens (including phenoxy) is 1. The third-order valence-corrected chi connectivity index (χ3v) is 3.20. The number of carbonyl (C=O) groups excluding carboxylic acids is 1. The van der Waals surface area contributed by atoms with Crippen molar-refractivity contribution in [2.45, 2.75) is 19.3 Å². The van der Waals surface area contributed by atoms with Crippen LogP contribution in [0.4, 0.5) is 0 Å². The van der Waals surface area contributed by atoms with Gasteiger partial charge in [-0.05, 0) is 18.8 Å². The molecule has 0 aliphatic heterocycles. The zero-order chi connectivity index (χ0) is 8.60. The lowest BCUT2D eigenvalue weighted by atomic mass is 9.55. The Morgan fingerprint density at radius 1 is 1.75 bits per heavy atom. The largest absolute Gasteiger partial charge is 0.384 e. The van der Waals surface area contributed by atoms with Crippen LogP contribution in [0, 0.1) is 11.3 Å². The Labute approximate surface area is 72.6 Å². The van der Waals surface area contributed by atoms with E-state index in [0.717, 1.165) is 19.3 Å². The van der Waals surface area contributed by atoms with Gasteiger partial charge in [-0.15, -0.1) is 0 Å². The van der Waals surface area contributed by atoms with Crippen LogP contribution in [-0.2, 0) is 9.53 Å². The van der Waals surface area contributed by atoms with Gasteiger partial charge in [-0.3, -0.25) is 4.79 Å². The van der Waals surface area contributed by atoms with E-state index in [1.807, 2.05) is 0 Å². The summed E-state index contributed by atoms with van der Waals surface area (Å²) in [7, 11) is 1.68. The minimum atomic E-state index is -0.122. The molecule has 0 unspecified atom stereocenters. The molecule has 0 amide bonds. The van der Waals surface area contributed by atoms with Gasteiger partial charge in [0.15, 0.2) is 0 Å². The lowest BCUT2D eigenvalue weighted by Gasteiger charge is -2.48. The summed E-state index contributed by atoms with van der Waals surface area (Å²) in [6.45, 7) is 0.612. The third kappa shape index (κ3) is 0.876. The quantitative estimate of drug-likeness (QED) is 0.582. The van der Waals surface area contributed by atoms with Crippen molar-refractivity contribution in [3.8, 4) is 0 Å². The van der Waals surface area contributed by atoms with Crippen molar-refractivity contribution < 1.29 is 9.53 Å². The molecule has 66 valence electrons. The molecule has 12 heavy (non-hydrogen) atoms. The zero-order valence-corrected chi connectivity index (χ0v) is 7.38. The fourth-order valence-electron chi connectivity index (χ4n) is 2.37. The van der Waals surface area contributed by atoms with Crippen molar-refractivity contribution in [2.75, 3.05) is 13.7 Å². The first kappa shape index (κ1) is 7.99. The van der Waals surface area contributed by atoms with E-state index in [0.29, 0.717) is 18.3 Å². The van der Waals surface area contributed by atoms with Crippen molar-refractivity contribution >= 4 is 5.78 Å². The van der Waals surface area contributed by atoms with E-state index in [1.54, 1.807) is 7.11 Å². The molecule has 0 saturated heterocycles. The highest BCUT2D eigenvalue weighted by molar-refractivity contribution is 5.92. The van der Waals surface area contributed by atoms with Crippen LogP contribution in [0.1, 0.15) is 19.3 Å². The second kappa shape index (κ2) is 2.70. The van der Waals surface area contributed by atoms with Gasteiger partial charge in [0.25, 0.3) is 0 Å². The fourth-order valence-corrected chi connectivity index (χ4v) is 2.37. The smallest absolute Gasteiger partial charge is 0.142 e. The van der Waals surface area contributed by atoms with Gasteiger partial charge in [-0.25, -0.2) is 0 Å². The standard InChI is InChI=1S/C10H14O2/c1-12-7-10-5-3-2-4-8(10)6-9(10)11/h2,4,8H,3,5-7H2,1H3/t8-,10+/m0/s1. The molecular formula is C10H14O2. The van der Waals surface area contributed by atoms with Gasteiger partial charge in [-0.2, -0.15) is 0 Å². The summed E-state index contributed by atoms with van der Waals surface area (Å²) in [4.78, 5) is 11.5. The molecule has 0 bridgehead atoms. The Balaban J connectivity index is 2.18. The van der Waals surface area contributed by atoms with Gasteiger partial charge in [0.2, 0.25) is 0 Å². The summed E-state index contributed by atoms with van der Waals surface area (Å²) in [5.41, 5.74) is -0.122. The molecule has 2 heteroatoms. The van der Waals surface area contributed by atoms with E-state index in [4.69, 9.17) is 4.74 Å². The van der Waals surface area contributed by atoms with E-state index in [9.17, 15) is 4.79 Å². The van der Waals surface area contributed by atoms with E-state index >= 15 is 0 Å². The lowest BCUT2D eigenvalue weighted by Crippen LogP contribution is -2.53. The number of rotatable bonds is 2. The molecule has 2 aliphatic carbocycles. The van der Waals surface area contributed by atoms with Gasteiger partial charge >= 0.3 is 0 Å². The maximum atomic E-state index is 11.5. The zero-order valence-electron chi connectivity index (χ0n) is 7.38. The number of hydrogen-bond acceptors (Lipinski definition) is 2. The normalized spacial score (nSPS) is 39.1. The molecule has 2 nitrogen and oxygen atoms in total. The van der Waals surface area contributed by atoms with Crippen LogP contribution in [0.3, 0.4) is 0 Å². The average molecular weight is 166 g/mol. The van der Waals surface area contributed by atoms with Crippen LogP contribution in [0.15, 0.2) is 12.2 Å². The van der Waals surface area contributed by atoms with Crippen LogP contribution in [0.5, 0.6) is 0 Å². The molecule has 1 fully saturated rings. The summed E-state index contributed by atoms with van der Waals surface area (Å²) >= 11 is 0. The number of hydrogen-bond donors (Lipinski definition) is 0. The topological polar surface area (TPSA) is 26.3 Å². The van der Waals surface area contributed by atoms with E-state index in [-0.39, 0.29) is 5.41 Å². The molecule has 0 aromatic heterocycles. The molecule has 2 rings (SSSR count). The molecule has 2 aliphatic rings. The monoisotopic (exact) mass is 166 g/mol. The molecule has 2 atom stereocenters. The Morgan fingerprint density at radius 2 is 2.58 bits per heavy atom. The van der Waals surface area contributed by atoms with Gasteiger partial charge in [0, 0.05) is 13.5 Å². The predicted molar refractivity (Wildman–Crippen MR) is 45.8 cm³/mol. The van der Waals surface area contributed by atoms with Crippen molar-refractivity contribution in [3.05, 3.63) is 12.2 Å². The third-order valence-electron chi connectivity index (χ3n) is 3.20. The Hall–Kier alpha value is -0.630. The minimum Gasteiger partial charge on any atom is -0.384 e. The molecule has 0 aromatic carbocycles. The Morgan fingerprint density at radius 3 is 3.17 bits per heavy atom. The van der Waals surface area contributed by atoms with Crippen molar-refractivity contribution in [2.24, 2.45) is 11.3 Å². The fraction of sp³-hybridized carbons (Fsp3) is 0.700. The molecule has 0 aromatic rings. The summed E-state index contributed by atoms with van der Waals surface area (Å²) in [6, 6.07) is 0. The summed E-state index contributed by atoms with van der Waals surface area (Å²) < 4.78 is 5.12. The number of allylic oxidation sites excluding steroid dienone is 2. The van der Waals surface area contributed by atoms with Gasteiger partial charge in [0.05, 0.1) is 12.0 Å². The van der Waals surface area contributed by atoms with Crippen molar-refractivity contribution in [1.82, 2.24) is 0 Å². The van der Waals surface area contributed by atoms with Crippen molar-refractivity contribution in [3.63, 3.8) is 0 Å². The Bertz CT molecular complexity index is 232. The maximum absolute atomic E-state index is 11.5. The first-order chi connectivity index (χ1) is 5.79. The number of Topliss-reactive ketones (excluding diaryl/α,β-unsaturated/α-hetero) is 1. The first-order valence-corrected chi connectivity index (χ1v) is 4.48. The molecule has 0 heterocycles. The highest BCUT2D eigenvalue weighted by Gasteiger charge is 2.53. The highest BCUT2D eigenvalue weighted by atomic mass is 16.5. The molecule has 0 N–H and O–H groups in total. The van der Waals surface area contributed by atoms with E-state index < -0.39 is 0 Å². The molecule has 0 spiro atoms. The van der Waals surface area contributed by atoms with Gasteiger partial charge < -0.3 is 4.74 Å². The number of methoxy groups -OCH3 is 1. The number of ketones is 1. The number of fused-ring (bicyclic) bond motifs is 1. The molecule has 0 radical (unpaired) electrons. The van der Waals surface area contributed by atoms with Crippen molar-refractivity contribution in [1.29, 1.82) is 0 Å². The van der Waals surface area contributed by atoms with Crippen LogP contribution < -0.4 is 0 Å². The summed E-state index contributed by atoms with van der Waals surface area (Å²) in [6.07, 6.45) is 7.13. The number of carbonyl (C=O) groups is 1. The lowest BCUT2D eigenvalue weighted by molar-refractivity contribution is -0.150. The van der Waals surface area contributed by atoms with Crippen LogP contribution in [0.2, 0.25) is 0 Å². The van der Waals surface area contributed by atoms with Crippen LogP contribution in [-0.4, -0.2) is 19.5 Å². The predicted octanol–water partition coefficient (Wildman–Crippen LogP) is 1.56. The van der Waals surface area contributed by atoms with Crippen LogP contribution in [0.25, 0.3) is 0 Å². The van der Waals surface area contributed by atoms with E-state index in [1.165, 1.54) is 0 Å². The minimum absolute atomic E-state index is 0.122. The highest BCUT2D eigenvalue weighted by Crippen LogP contribution is 2.50. The summed E-state index contributed by atoms with van der Waals surface area (Å²) in [5, 5.41) is 0. The summed E-state index contributed by atoms with van der Waals surface area (Å²) in [5.74, 6) is 0.873.